The second-order valence-corrected chi connectivity index (χ2v) is 10.3. The van der Waals surface area contributed by atoms with E-state index in [2.05, 4.69) is 37.6 Å². The van der Waals surface area contributed by atoms with Gasteiger partial charge in [-0.3, -0.25) is 4.90 Å². The number of amides is 2. The Balaban J connectivity index is 1.13. The molecule has 0 bridgehead atoms. The highest BCUT2D eigenvalue weighted by Gasteiger charge is 2.22. The number of anilines is 2. The summed E-state index contributed by atoms with van der Waals surface area (Å²) >= 11 is 0. The van der Waals surface area contributed by atoms with Crippen molar-refractivity contribution in [3.05, 3.63) is 96.8 Å². The van der Waals surface area contributed by atoms with Gasteiger partial charge in [-0.1, -0.05) is 72.8 Å². The number of carbonyl (C=O) groups excluding carboxylic acids is 1. The normalized spacial score (nSPS) is 13.8. The quantitative estimate of drug-likeness (QED) is 0.222. The standard InChI is InChI=1S/C33H34N6O3/c40-22-21-38-17-19-39(20-18-38)33(41)37-27-13-11-24(12-14-27)15-16-34-31-29-28(25-7-3-1-4-8-25)30(26-9-5-2-6-10-26)42-32(29)36-23-35-31/h1-14,23,40H,15-22H2,(H,37,41)(H,34,35,36). The molecule has 1 fully saturated rings. The van der Waals surface area contributed by atoms with Gasteiger partial charge in [0, 0.05) is 56.1 Å². The predicted molar refractivity (Wildman–Crippen MR) is 165 cm³/mol. The number of piperazine rings is 1. The highest BCUT2D eigenvalue weighted by molar-refractivity contribution is 6.05. The van der Waals surface area contributed by atoms with Crippen LogP contribution < -0.4 is 10.6 Å². The van der Waals surface area contributed by atoms with E-state index in [1.807, 2.05) is 77.7 Å². The minimum atomic E-state index is -0.0925. The number of aliphatic hydroxyl groups excluding tert-OH is 1. The smallest absolute Gasteiger partial charge is 0.321 e. The molecular formula is C33H34N6O3. The Bertz CT molecular complexity index is 1620. The molecule has 0 spiro atoms. The average molecular weight is 563 g/mol. The van der Waals surface area contributed by atoms with Crippen LogP contribution in [-0.4, -0.2) is 76.8 Å². The molecule has 2 amide bonds. The van der Waals surface area contributed by atoms with E-state index in [9.17, 15) is 4.79 Å². The van der Waals surface area contributed by atoms with E-state index in [0.717, 1.165) is 64.4 Å². The molecule has 0 atom stereocenters. The fourth-order valence-corrected chi connectivity index (χ4v) is 5.34. The Kier molecular flexibility index (Phi) is 8.39. The first kappa shape index (κ1) is 27.4. The largest absolute Gasteiger partial charge is 0.437 e. The molecule has 6 rings (SSSR count). The van der Waals surface area contributed by atoms with Crippen LogP contribution in [0.2, 0.25) is 0 Å². The molecule has 3 heterocycles. The van der Waals surface area contributed by atoms with Crippen LogP contribution in [0.1, 0.15) is 5.56 Å². The summed E-state index contributed by atoms with van der Waals surface area (Å²) in [7, 11) is 0. The molecule has 1 aliphatic rings. The number of aliphatic hydroxyl groups is 1. The molecule has 5 aromatic rings. The molecule has 3 N–H and O–H groups in total. The van der Waals surface area contributed by atoms with Gasteiger partial charge < -0.3 is 25.1 Å². The van der Waals surface area contributed by atoms with Crippen LogP contribution >= 0.6 is 0 Å². The van der Waals surface area contributed by atoms with Crippen molar-refractivity contribution in [2.75, 3.05) is 56.5 Å². The van der Waals surface area contributed by atoms with Crippen molar-refractivity contribution in [1.29, 1.82) is 0 Å². The fourth-order valence-electron chi connectivity index (χ4n) is 5.34. The number of benzene rings is 3. The molecule has 1 saturated heterocycles. The second-order valence-electron chi connectivity index (χ2n) is 10.3. The molecule has 9 nitrogen and oxygen atoms in total. The molecule has 2 aromatic heterocycles. The molecule has 42 heavy (non-hydrogen) atoms. The Morgan fingerprint density at radius 3 is 2.24 bits per heavy atom. The van der Waals surface area contributed by atoms with Crippen LogP contribution in [0.5, 0.6) is 0 Å². The van der Waals surface area contributed by atoms with Gasteiger partial charge in [-0.05, 0) is 29.7 Å². The van der Waals surface area contributed by atoms with Gasteiger partial charge in [0.05, 0.1) is 12.0 Å². The lowest BCUT2D eigenvalue weighted by atomic mass is 9.99. The van der Waals surface area contributed by atoms with Gasteiger partial charge in [-0.25, -0.2) is 14.8 Å². The number of fused-ring (bicyclic) bond motifs is 1. The molecule has 214 valence electrons. The highest BCUT2D eigenvalue weighted by Crippen LogP contribution is 2.42. The van der Waals surface area contributed by atoms with Gasteiger partial charge in [0.25, 0.3) is 0 Å². The van der Waals surface area contributed by atoms with E-state index in [1.54, 1.807) is 0 Å². The number of rotatable bonds is 9. The Hall–Kier alpha value is -4.73. The van der Waals surface area contributed by atoms with Crippen LogP contribution in [0.15, 0.2) is 95.7 Å². The zero-order valence-corrected chi connectivity index (χ0v) is 23.4. The van der Waals surface area contributed by atoms with Crippen LogP contribution in [0.3, 0.4) is 0 Å². The zero-order valence-electron chi connectivity index (χ0n) is 23.4. The second kappa shape index (κ2) is 12.8. The molecule has 9 heteroatoms. The first-order valence-corrected chi connectivity index (χ1v) is 14.3. The summed E-state index contributed by atoms with van der Waals surface area (Å²) in [6, 6.07) is 28.1. The topological polar surface area (TPSA) is 107 Å². The number of aromatic nitrogens is 2. The Morgan fingerprint density at radius 2 is 1.55 bits per heavy atom. The van der Waals surface area contributed by atoms with Crippen molar-refractivity contribution in [2.24, 2.45) is 0 Å². The van der Waals surface area contributed by atoms with Gasteiger partial charge in [0.1, 0.15) is 17.9 Å². The summed E-state index contributed by atoms with van der Waals surface area (Å²) in [4.78, 5) is 25.7. The summed E-state index contributed by atoms with van der Waals surface area (Å²) in [6.07, 6.45) is 2.30. The Morgan fingerprint density at radius 1 is 0.857 bits per heavy atom. The Labute approximate surface area is 244 Å². The zero-order chi connectivity index (χ0) is 28.7. The summed E-state index contributed by atoms with van der Waals surface area (Å²) in [5, 5.41) is 16.5. The maximum absolute atomic E-state index is 12.7. The van der Waals surface area contributed by atoms with E-state index in [4.69, 9.17) is 9.52 Å². The average Bonchev–Trinajstić information content (AvgIpc) is 3.44. The lowest BCUT2D eigenvalue weighted by molar-refractivity contribution is 0.127. The van der Waals surface area contributed by atoms with Crippen molar-refractivity contribution >= 4 is 28.6 Å². The van der Waals surface area contributed by atoms with E-state index in [1.165, 1.54) is 6.33 Å². The SMILES string of the molecule is O=C(Nc1ccc(CCNc2ncnc3oc(-c4ccccc4)c(-c4ccccc4)c23)cc1)N1CCN(CCO)CC1. The predicted octanol–water partition coefficient (Wildman–Crippen LogP) is 5.35. The minimum absolute atomic E-state index is 0.0925. The van der Waals surface area contributed by atoms with E-state index >= 15 is 0 Å². The third-order valence-electron chi connectivity index (χ3n) is 7.57. The third kappa shape index (κ3) is 6.12. The molecular weight excluding hydrogens is 528 g/mol. The summed E-state index contributed by atoms with van der Waals surface area (Å²) < 4.78 is 6.31. The monoisotopic (exact) mass is 562 g/mol. The number of hydrogen-bond acceptors (Lipinski definition) is 7. The summed E-state index contributed by atoms with van der Waals surface area (Å²) in [5.41, 5.74) is 5.44. The van der Waals surface area contributed by atoms with E-state index in [0.29, 0.717) is 31.9 Å². The van der Waals surface area contributed by atoms with Gasteiger partial charge in [0.2, 0.25) is 5.71 Å². The first-order chi connectivity index (χ1) is 20.7. The summed E-state index contributed by atoms with van der Waals surface area (Å²) in [6.45, 7) is 4.32. The number of β-amino-alcohol motifs (C(OH)–C–C–N with tert-alkyl or cyclic N) is 1. The van der Waals surface area contributed by atoms with Crippen molar-refractivity contribution < 1.29 is 14.3 Å². The molecule has 3 aromatic carbocycles. The number of nitrogens with zero attached hydrogens (tertiary/aromatic N) is 4. The van der Waals surface area contributed by atoms with Crippen molar-refractivity contribution in [1.82, 2.24) is 19.8 Å². The van der Waals surface area contributed by atoms with Gasteiger partial charge in [-0.15, -0.1) is 0 Å². The van der Waals surface area contributed by atoms with Crippen LogP contribution in [-0.2, 0) is 6.42 Å². The van der Waals surface area contributed by atoms with Gasteiger partial charge in [-0.2, -0.15) is 0 Å². The van der Waals surface area contributed by atoms with Gasteiger partial charge in [0.15, 0.2) is 0 Å². The number of furan rings is 1. The van der Waals surface area contributed by atoms with Crippen molar-refractivity contribution in [3.63, 3.8) is 0 Å². The number of nitrogens with one attached hydrogen (secondary N) is 2. The lowest BCUT2D eigenvalue weighted by Crippen LogP contribution is -2.50. The third-order valence-corrected chi connectivity index (χ3v) is 7.57. The number of carbonyl (C=O) groups is 1. The molecule has 0 aliphatic carbocycles. The van der Waals surface area contributed by atoms with Crippen molar-refractivity contribution in [2.45, 2.75) is 6.42 Å². The fraction of sp³-hybridized carbons (Fsp3) is 0.242. The summed E-state index contributed by atoms with van der Waals surface area (Å²) in [5.74, 6) is 1.50. The van der Waals surface area contributed by atoms with Crippen molar-refractivity contribution in [3.8, 4) is 22.5 Å². The molecule has 0 unspecified atom stereocenters. The molecule has 0 saturated carbocycles. The minimum Gasteiger partial charge on any atom is -0.437 e. The van der Waals surface area contributed by atoms with Crippen LogP contribution in [0.25, 0.3) is 33.6 Å². The van der Waals surface area contributed by atoms with E-state index in [-0.39, 0.29) is 12.6 Å². The van der Waals surface area contributed by atoms with Gasteiger partial charge >= 0.3 is 6.03 Å². The number of urea groups is 1. The van der Waals surface area contributed by atoms with Crippen LogP contribution in [0, 0.1) is 0 Å². The highest BCUT2D eigenvalue weighted by atomic mass is 16.3. The molecule has 0 radical (unpaired) electrons. The lowest BCUT2D eigenvalue weighted by Gasteiger charge is -2.34. The van der Waals surface area contributed by atoms with Crippen LogP contribution in [0.4, 0.5) is 16.3 Å². The number of hydrogen-bond donors (Lipinski definition) is 3. The molecule has 1 aliphatic heterocycles. The maximum Gasteiger partial charge on any atom is 0.321 e. The maximum atomic E-state index is 12.7. The first-order valence-electron chi connectivity index (χ1n) is 14.3. The van der Waals surface area contributed by atoms with E-state index < -0.39 is 0 Å².